The first-order chi connectivity index (χ1) is 13.2. The fourth-order valence-electron chi connectivity index (χ4n) is 3.03. The molecule has 0 radical (unpaired) electrons. The average Bonchev–Trinajstić information content (AvgIpc) is 3.06. The molecule has 0 saturated carbocycles. The summed E-state index contributed by atoms with van der Waals surface area (Å²) in [5, 5.41) is 8.99. The lowest BCUT2D eigenvalue weighted by atomic mass is 10.0. The minimum absolute atomic E-state index is 0.710. The van der Waals surface area contributed by atoms with Crippen molar-refractivity contribution in [1.29, 1.82) is 0 Å². The minimum Gasteiger partial charge on any atom is -0.497 e. The van der Waals surface area contributed by atoms with Gasteiger partial charge in [-0.3, -0.25) is 4.40 Å². The number of azo groups is 1. The largest absolute Gasteiger partial charge is 0.497 e. The van der Waals surface area contributed by atoms with Gasteiger partial charge in [-0.05, 0) is 49.7 Å². The zero-order valence-electron chi connectivity index (χ0n) is 15.5. The lowest BCUT2D eigenvalue weighted by Crippen LogP contribution is -1.86. The second kappa shape index (κ2) is 7.03. The van der Waals surface area contributed by atoms with Gasteiger partial charge in [-0.2, -0.15) is 0 Å². The molecule has 2 aromatic heterocycles. The summed E-state index contributed by atoms with van der Waals surface area (Å²) in [5.74, 6) is 1.46. The standard InChI is InChI=1S/C22H20N4O/c1-15-10-11-16(2)19(13-15)21-22(26-12-5-4-9-20(26)23-21)25-24-17-7-6-8-18(14-17)27-3/h4-14H,1-3H3. The molecule has 2 aromatic carbocycles. The molecule has 134 valence electrons. The fraction of sp³-hybridized carbons (Fsp3) is 0.136. The van der Waals surface area contributed by atoms with E-state index in [4.69, 9.17) is 9.72 Å². The van der Waals surface area contributed by atoms with E-state index in [1.54, 1.807) is 7.11 Å². The second-order valence-corrected chi connectivity index (χ2v) is 6.43. The number of ether oxygens (including phenoxy) is 1. The molecule has 4 aromatic rings. The van der Waals surface area contributed by atoms with Crippen molar-refractivity contribution in [3.05, 3.63) is 78.0 Å². The molecule has 5 nitrogen and oxygen atoms in total. The summed E-state index contributed by atoms with van der Waals surface area (Å²) < 4.78 is 7.22. The third kappa shape index (κ3) is 3.31. The van der Waals surface area contributed by atoms with E-state index in [1.165, 1.54) is 5.56 Å². The number of fused-ring (bicyclic) bond motifs is 1. The molecular formula is C22H20N4O. The van der Waals surface area contributed by atoms with Gasteiger partial charge in [-0.15, -0.1) is 10.2 Å². The van der Waals surface area contributed by atoms with Crippen LogP contribution in [0.2, 0.25) is 0 Å². The summed E-state index contributed by atoms with van der Waals surface area (Å²) in [7, 11) is 1.64. The van der Waals surface area contributed by atoms with Crippen LogP contribution < -0.4 is 4.74 Å². The summed E-state index contributed by atoms with van der Waals surface area (Å²) >= 11 is 0. The number of nitrogens with zero attached hydrogens (tertiary/aromatic N) is 4. The third-order valence-corrected chi connectivity index (χ3v) is 4.47. The van der Waals surface area contributed by atoms with Crippen molar-refractivity contribution in [2.75, 3.05) is 7.11 Å². The van der Waals surface area contributed by atoms with E-state index in [2.05, 4.69) is 42.3 Å². The second-order valence-electron chi connectivity index (χ2n) is 6.43. The van der Waals surface area contributed by atoms with Gasteiger partial charge in [-0.1, -0.05) is 29.8 Å². The van der Waals surface area contributed by atoms with Crippen LogP contribution in [0.3, 0.4) is 0 Å². The van der Waals surface area contributed by atoms with E-state index in [-0.39, 0.29) is 0 Å². The van der Waals surface area contributed by atoms with Crippen molar-refractivity contribution >= 4 is 17.2 Å². The predicted octanol–water partition coefficient (Wildman–Crippen LogP) is 6.04. The number of rotatable bonds is 4. The SMILES string of the molecule is COc1cccc(N=Nc2c(-c3cc(C)ccc3C)nc3ccccn23)c1. The van der Waals surface area contributed by atoms with Crippen LogP contribution >= 0.6 is 0 Å². The number of hydrogen-bond donors (Lipinski definition) is 0. The normalized spacial score (nSPS) is 11.4. The maximum absolute atomic E-state index is 5.26. The molecule has 0 aliphatic carbocycles. The Morgan fingerprint density at radius 3 is 2.67 bits per heavy atom. The molecule has 0 unspecified atom stereocenters. The first-order valence-electron chi connectivity index (χ1n) is 8.76. The van der Waals surface area contributed by atoms with Gasteiger partial charge in [0.1, 0.15) is 17.1 Å². The summed E-state index contributed by atoms with van der Waals surface area (Å²) in [6.07, 6.45) is 1.96. The Kier molecular flexibility index (Phi) is 4.42. The Bertz CT molecular complexity index is 1140. The monoisotopic (exact) mass is 356 g/mol. The molecule has 0 spiro atoms. The van der Waals surface area contributed by atoms with Crippen LogP contribution in [0.5, 0.6) is 5.75 Å². The van der Waals surface area contributed by atoms with Gasteiger partial charge in [0.25, 0.3) is 0 Å². The summed E-state index contributed by atoms with van der Waals surface area (Å²) in [6, 6.07) is 19.8. The molecule has 0 fully saturated rings. The molecule has 0 saturated heterocycles. The van der Waals surface area contributed by atoms with Crippen molar-refractivity contribution in [3.63, 3.8) is 0 Å². The van der Waals surface area contributed by atoms with Gasteiger partial charge in [0.05, 0.1) is 12.8 Å². The third-order valence-electron chi connectivity index (χ3n) is 4.47. The summed E-state index contributed by atoms with van der Waals surface area (Å²) in [5.41, 5.74) is 5.80. The molecule has 0 N–H and O–H groups in total. The van der Waals surface area contributed by atoms with Crippen LogP contribution in [0, 0.1) is 13.8 Å². The molecule has 2 heterocycles. The predicted molar refractivity (Wildman–Crippen MR) is 107 cm³/mol. The van der Waals surface area contributed by atoms with Gasteiger partial charge in [-0.25, -0.2) is 4.98 Å². The van der Waals surface area contributed by atoms with Gasteiger partial charge in [0, 0.05) is 17.8 Å². The zero-order chi connectivity index (χ0) is 18.8. The van der Waals surface area contributed by atoms with Crippen molar-refractivity contribution in [3.8, 4) is 17.0 Å². The molecule has 0 atom stereocenters. The smallest absolute Gasteiger partial charge is 0.187 e. The van der Waals surface area contributed by atoms with E-state index in [0.29, 0.717) is 5.82 Å². The van der Waals surface area contributed by atoms with Gasteiger partial charge in [0.15, 0.2) is 5.82 Å². The number of aromatic nitrogens is 2. The molecule has 27 heavy (non-hydrogen) atoms. The first-order valence-corrected chi connectivity index (χ1v) is 8.76. The number of pyridine rings is 1. The highest BCUT2D eigenvalue weighted by Crippen LogP contribution is 2.34. The lowest BCUT2D eigenvalue weighted by Gasteiger charge is -2.05. The Labute approximate surface area is 158 Å². The van der Waals surface area contributed by atoms with Crippen LogP contribution in [0.15, 0.2) is 77.1 Å². The van der Waals surface area contributed by atoms with Crippen molar-refractivity contribution in [2.45, 2.75) is 13.8 Å². The average molecular weight is 356 g/mol. The van der Waals surface area contributed by atoms with Crippen LogP contribution in [0.1, 0.15) is 11.1 Å². The molecule has 5 heteroatoms. The molecule has 0 amide bonds. The van der Waals surface area contributed by atoms with Gasteiger partial charge in [0.2, 0.25) is 0 Å². The highest BCUT2D eigenvalue weighted by molar-refractivity contribution is 5.77. The van der Waals surface area contributed by atoms with Crippen LogP contribution in [0.25, 0.3) is 16.9 Å². The molecule has 0 aliphatic rings. The summed E-state index contributed by atoms with van der Waals surface area (Å²) in [4.78, 5) is 4.82. The van der Waals surface area contributed by atoms with Crippen LogP contribution in [0.4, 0.5) is 11.5 Å². The molecule has 0 aliphatic heterocycles. The van der Waals surface area contributed by atoms with Crippen molar-refractivity contribution in [2.24, 2.45) is 10.2 Å². The van der Waals surface area contributed by atoms with E-state index < -0.39 is 0 Å². The maximum atomic E-state index is 5.26. The molecular weight excluding hydrogens is 336 g/mol. The van der Waals surface area contributed by atoms with E-state index in [0.717, 1.165) is 33.9 Å². The number of hydrogen-bond acceptors (Lipinski definition) is 4. The van der Waals surface area contributed by atoms with Crippen molar-refractivity contribution in [1.82, 2.24) is 9.38 Å². The Morgan fingerprint density at radius 1 is 0.926 bits per heavy atom. The first kappa shape index (κ1) is 17.0. The Balaban J connectivity index is 1.88. The lowest BCUT2D eigenvalue weighted by molar-refractivity contribution is 0.415. The topological polar surface area (TPSA) is 51.2 Å². The van der Waals surface area contributed by atoms with Crippen molar-refractivity contribution < 1.29 is 4.74 Å². The van der Waals surface area contributed by atoms with E-state index in [1.807, 2.05) is 53.1 Å². The van der Waals surface area contributed by atoms with Gasteiger partial charge < -0.3 is 4.74 Å². The molecule has 4 rings (SSSR count). The maximum Gasteiger partial charge on any atom is 0.187 e. The number of aryl methyl sites for hydroxylation is 2. The quantitative estimate of drug-likeness (QED) is 0.418. The highest BCUT2D eigenvalue weighted by Gasteiger charge is 2.15. The summed E-state index contributed by atoms with van der Waals surface area (Å²) in [6.45, 7) is 4.16. The Hall–Kier alpha value is -3.47. The van der Waals surface area contributed by atoms with E-state index >= 15 is 0 Å². The van der Waals surface area contributed by atoms with Crippen LogP contribution in [-0.4, -0.2) is 16.5 Å². The zero-order valence-corrected chi connectivity index (χ0v) is 15.5. The fourth-order valence-corrected chi connectivity index (χ4v) is 3.03. The highest BCUT2D eigenvalue weighted by atomic mass is 16.5. The van der Waals surface area contributed by atoms with Gasteiger partial charge >= 0.3 is 0 Å². The van der Waals surface area contributed by atoms with E-state index in [9.17, 15) is 0 Å². The number of imidazole rings is 1. The number of methoxy groups -OCH3 is 1. The molecule has 0 bridgehead atoms. The van der Waals surface area contributed by atoms with Crippen LogP contribution in [-0.2, 0) is 0 Å². The number of benzene rings is 2. The minimum atomic E-state index is 0.710. The Morgan fingerprint density at radius 2 is 1.81 bits per heavy atom.